The second-order valence-corrected chi connectivity index (χ2v) is 5.10. The van der Waals surface area contributed by atoms with E-state index in [9.17, 15) is 9.18 Å². The maximum atomic E-state index is 13.4. The van der Waals surface area contributed by atoms with E-state index in [1.807, 2.05) is 13.8 Å². The van der Waals surface area contributed by atoms with Crippen molar-refractivity contribution in [1.29, 1.82) is 0 Å². The number of ketones is 1. The SMILES string of the molecule is CC(=O)c1nn(C(C)C)cc1OCCOc1ccccc1F. The Balaban J connectivity index is 1.94. The molecule has 0 aliphatic rings. The molecule has 0 unspecified atom stereocenters. The number of para-hydroxylation sites is 1. The van der Waals surface area contributed by atoms with E-state index < -0.39 is 5.82 Å². The van der Waals surface area contributed by atoms with Crippen molar-refractivity contribution >= 4 is 5.78 Å². The summed E-state index contributed by atoms with van der Waals surface area (Å²) >= 11 is 0. The third-order valence-electron chi connectivity index (χ3n) is 3.00. The van der Waals surface area contributed by atoms with Crippen molar-refractivity contribution in [1.82, 2.24) is 9.78 Å². The third-order valence-corrected chi connectivity index (χ3v) is 3.00. The van der Waals surface area contributed by atoms with Gasteiger partial charge < -0.3 is 9.47 Å². The van der Waals surface area contributed by atoms with Crippen LogP contribution in [-0.4, -0.2) is 28.8 Å². The predicted octanol–water partition coefficient (Wildman–Crippen LogP) is 3.26. The van der Waals surface area contributed by atoms with E-state index >= 15 is 0 Å². The number of carbonyl (C=O) groups excluding carboxylic acids is 1. The summed E-state index contributed by atoms with van der Waals surface area (Å²) in [7, 11) is 0. The molecular weight excluding hydrogens is 287 g/mol. The lowest BCUT2D eigenvalue weighted by molar-refractivity contribution is 0.100. The number of carbonyl (C=O) groups is 1. The lowest BCUT2D eigenvalue weighted by atomic mass is 10.3. The molecule has 6 heteroatoms. The van der Waals surface area contributed by atoms with Gasteiger partial charge in [0, 0.05) is 13.0 Å². The van der Waals surface area contributed by atoms with Crippen LogP contribution >= 0.6 is 0 Å². The lowest BCUT2D eigenvalue weighted by Crippen LogP contribution is -2.10. The molecule has 0 radical (unpaired) electrons. The van der Waals surface area contributed by atoms with Crippen LogP contribution < -0.4 is 9.47 Å². The van der Waals surface area contributed by atoms with Crippen molar-refractivity contribution in [2.45, 2.75) is 26.8 Å². The van der Waals surface area contributed by atoms with Gasteiger partial charge in [-0.05, 0) is 26.0 Å². The Morgan fingerprint density at radius 1 is 1.23 bits per heavy atom. The average Bonchev–Trinajstić information content (AvgIpc) is 2.90. The van der Waals surface area contributed by atoms with Gasteiger partial charge in [-0.3, -0.25) is 9.48 Å². The third kappa shape index (κ3) is 3.84. The van der Waals surface area contributed by atoms with Gasteiger partial charge in [0.15, 0.2) is 28.8 Å². The van der Waals surface area contributed by atoms with Gasteiger partial charge in [0.1, 0.15) is 13.2 Å². The van der Waals surface area contributed by atoms with Crippen LogP contribution in [0.3, 0.4) is 0 Å². The first-order valence-electron chi connectivity index (χ1n) is 7.09. The van der Waals surface area contributed by atoms with Gasteiger partial charge in [0.2, 0.25) is 0 Å². The standard InChI is InChI=1S/C16H19FN2O3/c1-11(2)19-10-15(16(18-19)12(3)20)22-9-8-21-14-7-5-4-6-13(14)17/h4-7,10-11H,8-9H2,1-3H3. The smallest absolute Gasteiger partial charge is 0.183 e. The Kier molecular flexibility index (Phi) is 5.14. The molecule has 0 bridgehead atoms. The normalized spacial score (nSPS) is 10.8. The fourth-order valence-electron chi connectivity index (χ4n) is 1.85. The predicted molar refractivity (Wildman–Crippen MR) is 80.0 cm³/mol. The molecule has 0 amide bonds. The average molecular weight is 306 g/mol. The Hall–Kier alpha value is -2.37. The number of rotatable bonds is 7. The fourth-order valence-corrected chi connectivity index (χ4v) is 1.85. The Morgan fingerprint density at radius 3 is 2.45 bits per heavy atom. The van der Waals surface area contributed by atoms with Crippen molar-refractivity contribution in [3.05, 3.63) is 42.0 Å². The number of halogens is 1. The summed E-state index contributed by atoms with van der Waals surface area (Å²) in [4.78, 5) is 11.6. The van der Waals surface area contributed by atoms with E-state index in [0.29, 0.717) is 11.4 Å². The summed E-state index contributed by atoms with van der Waals surface area (Å²) in [5.74, 6) is 0.0121. The molecule has 118 valence electrons. The van der Waals surface area contributed by atoms with Gasteiger partial charge in [-0.15, -0.1) is 0 Å². The maximum Gasteiger partial charge on any atom is 0.183 e. The van der Waals surface area contributed by atoms with Gasteiger partial charge in [0.25, 0.3) is 0 Å². The lowest BCUT2D eigenvalue weighted by Gasteiger charge is -2.08. The number of aromatic nitrogens is 2. The first-order chi connectivity index (χ1) is 10.5. The van der Waals surface area contributed by atoms with Gasteiger partial charge in [0.05, 0.1) is 6.20 Å². The zero-order valence-corrected chi connectivity index (χ0v) is 12.9. The zero-order chi connectivity index (χ0) is 16.1. The van der Waals surface area contributed by atoms with E-state index in [1.54, 1.807) is 29.1 Å². The first-order valence-corrected chi connectivity index (χ1v) is 7.09. The van der Waals surface area contributed by atoms with Crippen LogP contribution in [0.15, 0.2) is 30.5 Å². The van der Waals surface area contributed by atoms with Crippen LogP contribution in [0.4, 0.5) is 4.39 Å². The largest absolute Gasteiger partial charge is 0.487 e. The molecule has 0 saturated heterocycles. The van der Waals surface area contributed by atoms with Crippen molar-refractivity contribution < 1.29 is 18.7 Å². The summed E-state index contributed by atoms with van der Waals surface area (Å²) in [6.07, 6.45) is 1.69. The molecule has 0 aliphatic carbocycles. The summed E-state index contributed by atoms with van der Waals surface area (Å²) in [6, 6.07) is 6.30. The highest BCUT2D eigenvalue weighted by atomic mass is 19.1. The van der Waals surface area contributed by atoms with Crippen LogP contribution in [0.25, 0.3) is 0 Å². The molecule has 0 atom stereocenters. The topological polar surface area (TPSA) is 53.4 Å². The Bertz CT molecular complexity index is 653. The van der Waals surface area contributed by atoms with E-state index in [1.165, 1.54) is 13.0 Å². The Labute approximate surface area is 128 Å². The summed E-state index contributed by atoms with van der Waals surface area (Å²) < 4.78 is 25.9. The molecule has 0 N–H and O–H groups in total. The number of hydrogen-bond donors (Lipinski definition) is 0. The van der Waals surface area contributed by atoms with Crippen LogP contribution in [0.2, 0.25) is 0 Å². The molecule has 22 heavy (non-hydrogen) atoms. The molecule has 0 fully saturated rings. The number of benzene rings is 1. The monoisotopic (exact) mass is 306 g/mol. The minimum atomic E-state index is -0.417. The molecule has 5 nitrogen and oxygen atoms in total. The minimum Gasteiger partial charge on any atom is -0.487 e. The molecule has 0 spiro atoms. The van der Waals surface area contributed by atoms with E-state index in [2.05, 4.69) is 5.10 Å². The second kappa shape index (κ2) is 7.06. The van der Waals surface area contributed by atoms with Gasteiger partial charge in [-0.2, -0.15) is 5.10 Å². The van der Waals surface area contributed by atoms with Crippen LogP contribution in [0, 0.1) is 5.82 Å². The van der Waals surface area contributed by atoms with Crippen molar-refractivity contribution in [3.8, 4) is 11.5 Å². The second-order valence-electron chi connectivity index (χ2n) is 5.10. The number of ether oxygens (including phenoxy) is 2. The van der Waals surface area contributed by atoms with Crippen LogP contribution in [-0.2, 0) is 0 Å². The highest BCUT2D eigenvalue weighted by molar-refractivity contribution is 5.94. The highest BCUT2D eigenvalue weighted by Crippen LogP contribution is 2.20. The van der Waals surface area contributed by atoms with Crippen molar-refractivity contribution in [2.24, 2.45) is 0 Å². The summed E-state index contributed by atoms with van der Waals surface area (Å²) in [5, 5.41) is 4.20. The quantitative estimate of drug-likeness (QED) is 0.582. The fraction of sp³-hybridized carbons (Fsp3) is 0.375. The van der Waals surface area contributed by atoms with Crippen LogP contribution in [0.1, 0.15) is 37.3 Å². The van der Waals surface area contributed by atoms with Crippen LogP contribution in [0.5, 0.6) is 11.5 Å². The van der Waals surface area contributed by atoms with Gasteiger partial charge in [-0.25, -0.2) is 4.39 Å². The van der Waals surface area contributed by atoms with E-state index in [0.717, 1.165) is 0 Å². The molecule has 1 aromatic carbocycles. The van der Waals surface area contributed by atoms with Gasteiger partial charge in [-0.1, -0.05) is 12.1 Å². The Morgan fingerprint density at radius 2 is 1.86 bits per heavy atom. The van der Waals surface area contributed by atoms with Gasteiger partial charge >= 0.3 is 0 Å². The summed E-state index contributed by atoms with van der Waals surface area (Å²) in [6.45, 7) is 5.73. The van der Waals surface area contributed by atoms with Crippen molar-refractivity contribution in [2.75, 3.05) is 13.2 Å². The molecule has 1 aromatic heterocycles. The molecular formula is C16H19FN2O3. The number of Topliss-reactive ketones (excluding diaryl/α,β-unsaturated/α-hetero) is 1. The first kappa shape index (κ1) is 16.0. The number of hydrogen-bond acceptors (Lipinski definition) is 4. The van der Waals surface area contributed by atoms with E-state index in [-0.39, 0.29) is 30.8 Å². The van der Waals surface area contributed by atoms with E-state index in [4.69, 9.17) is 9.47 Å². The van der Waals surface area contributed by atoms with Crippen molar-refractivity contribution in [3.63, 3.8) is 0 Å². The molecule has 2 aromatic rings. The maximum absolute atomic E-state index is 13.4. The summed E-state index contributed by atoms with van der Waals surface area (Å²) in [5.41, 5.74) is 0.291. The minimum absolute atomic E-state index is 0.130. The molecule has 2 rings (SSSR count). The molecule has 0 saturated carbocycles. The number of nitrogens with zero attached hydrogens (tertiary/aromatic N) is 2. The molecule has 0 aliphatic heterocycles. The molecule has 1 heterocycles. The highest BCUT2D eigenvalue weighted by Gasteiger charge is 2.16. The zero-order valence-electron chi connectivity index (χ0n) is 12.9.